The molecule has 0 spiro atoms. The van der Waals surface area contributed by atoms with E-state index in [9.17, 15) is 19.7 Å². The van der Waals surface area contributed by atoms with Crippen LogP contribution < -0.4 is 9.80 Å². The van der Waals surface area contributed by atoms with E-state index in [4.69, 9.17) is 4.74 Å². The Hall–Kier alpha value is -3.42. The largest absolute Gasteiger partial charge is 0.449 e. The maximum atomic E-state index is 12.9. The summed E-state index contributed by atoms with van der Waals surface area (Å²) < 4.78 is 5.34. The first-order chi connectivity index (χ1) is 13.7. The van der Waals surface area contributed by atoms with Crippen LogP contribution in [0.15, 0.2) is 42.5 Å². The van der Waals surface area contributed by atoms with Gasteiger partial charge in [-0.1, -0.05) is 18.2 Å². The SMILES string of the molecule is C[C@@H]1Cc2ccccc2N1C(=O)[C@@H](C)OC(=O)c1ccc(N(C)C)c([N+](=O)[O-])c1. The first kappa shape index (κ1) is 20.3. The van der Waals surface area contributed by atoms with E-state index in [0.717, 1.165) is 17.7 Å². The number of hydrogen-bond acceptors (Lipinski definition) is 6. The molecule has 152 valence electrons. The van der Waals surface area contributed by atoms with Crippen LogP contribution in [0, 0.1) is 10.1 Å². The van der Waals surface area contributed by atoms with E-state index < -0.39 is 17.0 Å². The highest BCUT2D eigenvalue weighted by molar-refractivity contribution is 6.01. The van der Waals surface area contributed by atoms with E-state index in [1.807, 2.05) is 31.2 Å². The highest BCUT2D eigenvalue weighted by atomic mass is 16.6. The highest BCUT2D eigenvalue weighted by Crippen LogP contribution is 2.33. The third-order valence-electron chi connectivity index (χ3n) is 4.97. The van der Waals surface area contributed by atoms with Gasteiger partial charge < -0.3 is 14.5 Å². The summed E-state index contributed by atoms with van der Waals surface area (Å²) in [7, 11) is 3.35. The summed E-state index contributed by atoms with van der Waals surface area (Å²) in [6.07, 6.45) is -0.287. The van der Waals surface area contributed by atoms with Crippen molar-refractivity contribution in [3.8, 4) is 0 Å². The Kier molecular flexibility index (Phi) is 5.54. The van der Waals surface area contributed by atoms with Crippen molar-refractivity contribution in [3.63, 3.8) is 0 Å². The predicted molar refractivity (Wildman–Crippen MR) is 109 cm³/mol. The highest BCUT2D eigenvalue weighted by Gasteiger charge is 2.34. The number of carbonyl (C=O) groups is 2. The summed E-state index contributed by atoms with van der Waals surface area (Å²) in [6.45, 7) is 3.45. The topological polar surface area (TPSA) is 93.0 Å². The maximum Gasteiger partial charge on any atom is 0.339 e. The molecule has 29 heavy (non-hydrogen) atoms. The molecule has 8 nitrogen and oxygen atoms in total. The molecule has 0 fully saturated rings. The summed E-state index contributed by atoms with van der Waals surface area (Å²) in [5.41, 5.74) is 2.08. The van der Waals surface area contributed by atoms with Gasteiger partial charge in [0.25, 0.3) is 11.6 Å². The van der Waals surface area contributed by atoms with Crippen LogP contribution in [0.25, 0.3) is 0 Å². The summed E-state index contributed by atoms with van der Waals surface area (Å²) in [4.78, 5) is 39.5. The van der Waals surface area contributed by atoms with Crippen LogP contribution in [0.1, 0.15) is 29.8 Å². The normalized spacial score (nSPS) is 16.1. The number of para-hydroxylation sites is 1. The zero-order valence-corrected chi connectivity index (χ0v) is 16.8. The van der Waals surface area contributed by atoms with E-state index in [-0.39, 0.29) is 23.2 Å². The minimum atomic E-state index is -1.02. The lowest BCUT2D eigenvalue weighted by Gasteiger charge is -2.26. The Balaban J connectivity index is 1.78. The number of anilines is 2. The van der Waals surface area contributed by atoms with Gasteiger partial charge in [-0.2, -0.15) is 0 Å². The Morgan fingerprint density at radius 2 is 1.93 bits per heavy atom. The molecule has 2 aromatic rings. The number of amides is 1. The van der Waals surface area contributed by atoms with Crippen molar-refractivity contribution in [2.45, 2.75) is 32.4 Å². The molecule has 1 amide bonds. The van der Waals surface area contributed by atoms with Crippen LogP contribution in [0.4, 0.5) is 17.1 Å². The summed E-state index contributed by atoms with van der Waals surface area (Å²) >= 11 is 0. The smallest absolute Gasteiger partial charge is 0.339 e. The fourth-order valence-corrected chi connectivity index (χ4v) is 3.55. The molecule has 0 saturated carbocycles. The lowest BCUT2D eigenvalue weighted by atomic mass is 10.1. The molecule has 0 unspecified atom stereocenters. The molecular formula is C21H23N3O5. The zero-order chi connectivity index (χ0) is 21.3. The van der Waals surface area contributed by atoms with Gasteiger partial charge in [-0.05, 0) is 44.0 Å². The molecule has 0 aromatic heterocycles. The standard InChI is InChI=1S/C21H23N3O5/c1-13-11-15-7-5-6-8-17(15)23(13)20(25)14(2)29-21(26)16-9-10-18(22(3)4)19(12-16)24(27)28/h5-10,12-14H,11H2,1-4H3/t13-,14-/m1/s1. The predicted octanol–water partition coefficient (Wildman–Crippen LogP) is 3.18. The molecule has 0 saturated heterocycles. The Bertz CT molecular complexity index is 973. The molecular weight excluding hydrogens is 374 g/mol. The van der Waals surface area contributed by atoms with Crippen molar-refractivity contribution in [1.82, 2.24) is 0 Å². The second kappa shape index (κ2) is 7.90. The van der Waals surface area contributed by atoms with Gasteiger partial charge in [-0.3, -0.25) is 14.9 Å². The van der Waals surface area contributed by atoms with Gasteiger partial charge in [0.15, 0.2) is 6.10 Å². The summed E-state index contributed by atoms with van der Waals surface area (Å²) in [6, 6.07) is 11.7. The first-order valence-electron chi connectivity index (χ1n) is 9.28. The average molecular weight is 397 g/mol. The van der Waals surface area contributed by atoms with E-state index in [1.165, 1.54) is 25.1 Å². The quantitative estimate of drug-likeness (QED) is 0.437. The molecule has 2 aromatic carbocycles. The van der Waals surface area contributed by atoms with Gasteiger partial charge in [-0.15, -0.1) is 0 Å². The maximum absolute atomic E-state index is 12.9. The van der Waals surface area contributed by atoms with Gasteiger partial charge in [0, 0.05) is 31.9 Å². The molecule has 0 bridgehead atoms. The number of fused-ring (bicyclic) bond motifs is 1. The van der Waals surface area contributed by atoms with Crippen LogP contribution in [-0.4, -0.2) is 43.0 Å². The number of nitro benzene ring substituents is 1. The molecule has 8 heteroatoms. The third kappa shape index (κ3) is 3.91. The summed E-state index contributed by atoms with van der Waals surface area (Å²) in [5, 5.41) is 11.3. The minimum absolute atomic E-state index is 0.0248. The van der Waals surface area contributed by atoms with Crippen molar-refractivity contribution in [2.24, 2.45) is 0 Å². The number of ether oxygens (including phenoxy) is 1. The van der Waals surface area contributed by atoms with Gasteiger partial charge in [0.2, 0.25) is 0 Å². The molecule has 2 atom stereocenters. The molecule has 0 aliphatic carbocycles. The van der Waals surface area contributed by atoms with Crippen molar-refractivity contribution in [3.05, 3.63) is 63.7 Å². The van der Waals surface area contributed by atoms with E-state index in [1.54, 1.807) is 23.9 Å². The molecule has 3 rings (SSSR count). The van der Waals surface area contributed by atoms with Gasteiger partial charge in [-0.25, -0.2) is 4.79 Å². The van der Waals surface area contributed by atoms with Crippen molar-refractivity contribution < 1.29 is 19.2 Å². The Labute approximate surface area is 168 Å². The monoisotopic (exact) mass is 397 g/mol. The number of hydrogen-bond donors (Lipinski definition) is 0. The van der Waals surface area contributed by atoms with Gasteiger partial charge in [0.1, 0.15) is 5.69 Å². The number of rotatable bonds is 5. The van der Waals surface area contributed by atoms with Crippen molar-refractivity contribution >= 4 is 28.9 Å². The zero-order valence-electron chi connectivity index (χ0n) is 16.8. The fourth-order valence-electron chi connectivity index (χ4n) is 3.55. The van der Waals surface area contributed by atoms with Crippen LogP contribution >= 0.6 is 0 Å². The first-order valence-corrected chi connectivity index (χ1v) is 9.28. The number of nitrogens with zero attached hydrogens (tertiary/aromatic N) is 3. The van der Waals surface area contributed by atoms with E-state index >= 15 is 0 Å². The van der Waals surface area contributed by atoms with Crippen LogP contribution in [-0.2, 0) is 16.0 Å². The van der Waals surface area contributed by atoms with Crippen LogP contribution in [0.3, 0.4) is 0 Å². The van der Waals surface area contributed by atoms with Crippen LogP contribution in [0.5, 0.6) is 0 Å². The lowest BCUT2D eigenvalue weighted by molar-refractivity contribution is -0.384. The second-order valence-electron chi connectivity index (χ2n) is 7.29. The second-order valence-corrected chi connectivity index (χ2v) is 7.29. The Morgan fingerprint density at radius 1 is 1.24 bits per heavy atom. The number of carbonyl (C=O) groups excluding carboxylic acids is 2. The number of nitro groups is 1. The molecule has 0 radical (unpaired) electrons. The number of esters is 1. The number of benzene rings is 2. The van der Waals surface area contributed by atoms with Gasteiger partial charge >= 0.3 is 5.97 Å². The van der Waals surface area contributed by atoms with Crippen molar-refractivity contribution in [1.29, 1.82) is 0 Å². The molecule has 1 heterocycles. The Morgan fingerprint density at radius 3 is 2.59 bits per heavy atom. The van der Waals surface area contributed by atoms with Crippen molar-refractivity contribution in [2.75, 3.05) is 23.9 Å². The summed E-state index contributed by atoms with van der Waals surface area (Å²) in [5.74, 6) is -1.10. The van der Waals surface area contributed by atoms with Crippen LogP contribution in [0.2, 0.25) is 0 Å². The molecule has 1 aliphatic rings. The molecule has 0 N–H and O–H groups in total. The fraction of sp³-hybridized carbons (Fsp3) is 0.333. The minimum Gasteiger partial charge on any atom is -0.449 e. The molecule has 1 aliphatic heterocycles. The third-order valence-corrected chi connectivity index (χ3v) is 4.97. The lowest BCUT2D eigenvalue weighted by Crippen LogP contribution is -2.43. The van der Waals surface area contributed by atoms with E-state index in [2.05, 4.69) is 0 Å². The average Bonchev–Trinajstić information content (AvgIpc) is 3.02. The van der Waals surface area contributed by atoms with Gasteiger partial charge in [0.05, 0.1) is 10.5 Å². The van der Waals surface area contributed by atoms with E-state index in [0.29, 0.717) is 5.69 Å².